The third-order valence-corrected chi connectivity index (χ3v) is 6.02. The third kappa shape index (κ3) is 6.44. The zero-order chi connectivity index (χ0) is 19.9. The summed E-state index contributed by atoms with van der Waals surface area (Å²) in [6.07, 6.45) is 10.4. The standard InChI is InChI=1S/C22H39N3O2/c1-5-12-25(4)14-18(13-23)6-7-21(24)19-8-10-22(11-9-19)26-15-20(16-27-22)17(2)3/h6-7,13,17,19-20,23H,5,8-12,14-16,24H2,1-4H3. The number of hydrogen-bond donors (Lipinski definition) is 2. The first-order valence-electron chi connectivity index (χ1n) is 10.5. The molecule has 0 unspecified atom stereocenters. The van der Waals surface area contributed by atoms with Crippen LogP contribution in [0, 0.1) is 23.2 Å². The summed E-state index contributed by atoms with van der Waals surface area (Å²) in [5.74, 6) is 1.11. The molecule has 1 saturated heterocycles. The molecule has 5 heteroatoms. The first-order valence-corrected chi connectivity index (χ1v) is 10.5. The maximum Gasteiger partial charge on any atom is 0.168 e. The third-order valence-electron chi connectivity index (χ3n) is 6.02. The first kappa shape index (κ1) is 22.1. The van der Waals surface area contributed by atoms with Gasteiger partial charge in [-0.15, -0.1) is 0 Å². The molecule has 0 aromatic heterocycles. The van der Waals surface area contributed by atoms with Gasteiger partial charge in [-0.1, -0.05) is 26.8 Å². The van der Waals surface area contributed by atoms with Crippen LogP contribution in [0.5, 0.6) is 0 Å². The summed E-state index contributed by atoms with van der Waals surface area (Å²) in [4.78, 5) is 2.23. The van der Waals surface area contributed by atoms with Crippen LogP contribution in [0.1, 0.15) is 52.9 Å². The molecule has 2 fully saturated rings. The van der Waals surface area contributed by atoms with Crippen molar-refractivity contribution in [3.63, 3.8) is 0 Å². The Hall–Kier alpha value is -1.17. The molecular formula is C22H39N3O2. The van der Waals surface area contributed by atoms with Gasteiger partial charge in [-0.05, 0) is 56.3 Å². The van der Waals surface area contributed by atoms with Crippen molar-refractivity contribution in [3.05, 3.63) is 23.4 Å². The Morgan fingerprint density at radius 2 is 1.85 bits per heavy atom. The Bertz CT molecular complexity index is 524. The van der Waals surface area contributed by atoms with Gasteiger partial charge in [-0.2, -0.15) is 0 Å². The normalized spacial score (nSPS) is 30.3. The zero-order valence-corrected chi connectivity index (χ0v) is 17.7. The van der Waals surface area contributed by atoms with Gasteiger partial charge in [0.25, 0.3) is 0 Å². The smallest absolute Gasteiger partial charge is 0.168 e. The van der Waals surface area contributed by atoms with Gasteiger partial charge in [0.15, 0.2) is 5.79 Å². The van der Waals surface area contributed by atoms with Crippen molar-refractivity contribution in [1.29, 1.82) is 5.41 Å². The molecular weight excluding hydrogens is 338 g/mol. The van der Waals surface area contributed by atoms with E-state index in [1.807, 2.05) is 12.2 Å². The second-order valence-corrected chi connectivity index (χ2v) is 8.60. The molecule has 27 heavy (non-hydrogen) atoms. The summed E-state index contributed by atoms with van der Waals surface area (Å²) < 4.78 is 12.3. The fourth-order valence-electron chi connectivity index (χ4n) is 3.93. The van der Waals surface area contributed by atoms with Gasteiger partial charge in [0, 0.05) is 37.2 Å². The molecule has 1 spiro atoms. The highest BCUT2D eigenvalue weighted by Crippen LogP contribution is 2.40. The maximum absolute atomic E-state index is 7.63. The number of ether oxygens (including phenoxy) is 2. The molecule has 1 heterocycles. The molecule has 0 atom stereocenters. The first-order chi connectivity index (χ1) is 12.9. The number of nitrogens with one attached hydrogen (secondary N) is 1. The molecule has 1 aliphatic carbocycles. The van der Waals surface area contributed by atoms with Crippen molar-refractivity contribution in [3.8, 4) is 0 Å². The highest BCUT2D eigenvalue weighted by atomic mass is 16.7. The summed E-state index contributed by atoms with van der Waals surface area (Å²) in [7, 11) is 2.09. The molecule has 154 valence electrons. The monoisotopic (exact) mass is 377 g/mol. The van der Waals surface area contributed by atoms with Crippen molar-refractivity contribution < 1.29 is 9.47 Å². The minimum atomic E-state index is -0.374. The summed E-state index contributed by atoms with van der Waals surface area (Å²) >= 11 is 0. The van der Waals surface area contributed by atoms with E-state index in [1.165, 1.54) is 6.21 Å². The molecule has 1 aliphatic heterocycles. The van der Waals surface area contributed by atoms with E-state index >= 15 is 0 Å². The largest absolute Gasteiger partial charge is 0.402 e. The van der Waals surface area contributed by atoms with Crippen molar-refractivity contribution in [1.82, 2.24) is 4.90 Å². The van der Waals surface area contributed by atoms with Gasteiger partial charge in [0.05, 0.1) is 13.2 Å². The Balaban J connectivity index is 1.86. The molecule has 0 aromatic rings. The van der Waals surface area contributed by atoms with Gasteiger partial charge in [-0.3, -0.25) is 0 Å². The number of nitrogens with zero attached hydrogens (tertiary/aromatic N) is 1. The number of nitrogens with two attached hydrogens (primary N) is 1. The average Bonchev–Trinajstić information content (AvgIpc) is 2.66. The van der Waals surface area contributed by atoms with E-state index in [0.717, 1.165) is 69.7 Å². The quantitative estimate of drug-likeness (QED) is 0.496. The fourth-order valence-corrected chi connectivity index (χ4v) is 3.93. The lowest BCUT2D eigenvalue weighted by Gasteiger charge is -2.45. The van der Waals surface area contributed by atoms with Crippen LogP contribution in [0.4, 0.5) is 0 Å². The van der Waals surface area contributed by atoms with Gasteiger partial charge >= 0.3 is 0 Å². The van der Waals surface area contributed by atoms with E-state index in [9.17, 15) is 0 Å². The molecule has 5 nitrogen and oxygen atoms in total. The van der Waals surface area contributed by atoms with Crippen LogP contribution in [-0.4, -0.2) is 50.3 Å². The number of likely N-dealkylation sites (N-methyl/N-ethyl adjacent to an activating group) is 1. The molecule has 0 amide bonds. The lowest BCUT2D eigenvalue weighted by atomic mass is 9.82. The molecule has 3 N–H and O–H groups in total. The Kier molecular flexibility index (Phi) is 8.52. The SMILES string of the molecule is CCCN(C)CC(C=N)=CC=C(N)C1CCC2(CC1)OCC(C(C)C)CO2. The lowest BCUT2D eigenvalue weighted by molar-refractivity contribution is -0.300. The van der Waals surface area contributed by atoms with Crippen molar-refractivity contribution in [2.75, 3.05) is 33.4 Å². The van der Waals surface area contributed by atoms with Crippen LogP contribution in [0.15, 0.2) is 23.4 Å². The Morgan fingerprint density at radius 1 is 1.22 bits per heavy atom. The van der Waals surface area contributed by atoms with E-state index in [0.29, 0.717) is 17.8 Å². The summed E-state index contributed by atoms with van der Waals surface area (Å²) in [5, 5.41) is 7.63. The van der Waals surface area contributed by atoms with Gasteiger partial charge in [-0.25, -0.2) is 0 Å². The second kappa shape index (κ2) is 10.4. The van der Waals surface area contributed by atoms with Crippen LogP contribution >= 0.6 is 0 Å². The number of hydrogen-bond acceptors (Lipinski definition) is 5. The van der Waals surface area contributed by atoms with Crippen molar-refractivity contribution in [2.24, 2.45) is 23.5 Å². The summed E-state index contributed by atoms with van der Waals surface area (Å²) in [5.41, 5.74) is 8.27. The average molecular weight is 378 g/mol. The molecule has 0 aromatic carbocycles. The number of rotatable bonds is 8. The molecule has 2 rings (SSSR count). The molecule has 0 radical (unpaired) electrons. The maximum atomic E-state index is 7.63. The van der Waals surface area contributed by atoms with Crippen LogP contribution in [0.3, 0.4) is 0 Å². The minimum Gasteiger partial charge on any atom is -0.402 e. The predicted octanol–water partition coefficient (Wildman–Crippen LogP) is 3.95. The molecule has 0 bridgehead atoms. The highest BCUT2D eigenvalue weighted by Gasteiger charge is 2.41. The lowest BCUT2D eigenvalue weighted by Crippen LogP contribution is -2.47. The molecule has 2 aliphatic rings. The minimum absolute atomic E-state index is 0.374. The summed E-state index contributed by atoms with van der Waals surface area (Å²) in [6, 6.07) is 0. The van der Waals surface area contributed by atoms with Crippen LogP contribution in [-0.2, 0) is 9.47 Å². The topological polar surface area (TPSA) is 71.6 Å². The Morgan fingerprint density at radius 3 is 2.37 bits per heavy atom. The summed E-state index contributed by atoms with van der Waals surface area (Å²) in [6.45, 7) is 10.1. The van der Waals surface area contributed by atoms with E-state index in [2.05, 4.69) is 32.7 Å². The van der Waals surface area contributed by atoms with E-state index in [1.54, 1.807) is 0 Å². The fraction of sp³-hybridized carbons (Fsp3) is 0.773. The van der Waals surface area contributed by atoms with E-state index in [4.69, 9.17) is 20.6 Å². The Labute approximate surface area is 165 Å². The van der Waals surface area contributed by atoms with E-state index < -0.39 is 0 Å². The van der Waals surface area contributed by atoms with Crippen LogP contribution in [0.25, 0.3) is 0 Å². The van der Waals surface area contributed by atoms with Crippen molar-refractivity contribution in [2.45, 2.75) is 58.7 Å². The van der Waals surface area contributed by atoms with Crippen LogP contribution < -0.4 is 5.73 Å². The van der Waals surface area contributed by atoms with E-state index in [-0.39, 0.29) is 5.79 Å². The van der Waals surface area contributed by atoms with Crippen molar-refractivity contribution >= 4 is 6.21 Å². The zero-order valence-electron chi connectivity index (χ0n) is 17.7. The number of allylic oxidation sites excluding steroid dienone is 3. The van der Waals surface area contributed by atoms with Crippen LogP contribution in [0.2, 0.25) is 0 Å². The highest BCUT2D eigenvalue weighted by molar-refractivity contribution is 5.76. The van der Waals surface area contributed by atoms with Gasteiger partial charge in [0.1, 0.15) is 0 Å². The predicted molar refractivity (Wildman–Crippen MR) is 112 cm³/mol. The van der Waals surface area contributed by atoms with Gasteiger partial charge < -0.3 is 25.5 Å². The second-order valence-electron chi connectivity index (χ2n) is 8.60. The molecule has 1 saturated carbocycles. The van der Waals surface area contributed by atoms with Gasteiger partial charge in [0.2, 0.25) is 0 Å².